The first-order chi connectivity index (χ1) is 10.7. The van der Waals surface area contributed by atoms with E-state index in [0.29, 0.717) is 5.70 Å². The van der Waals surface area contributed by atoms with Crippen molar-refractivity contribution in [3.8, 4) is 6.07 Å². The van der Waals surface area contributed by atoms with Gasteiger partial charge in [-0.25, -0.2) is 0 Å². The van der Waals surface area contributed by atoms with Crippen molar-refractivity contribution in [3.63, 3.8) is 0 Å². The van der Waals surface area contributed by atoms with Gasteiger partial charge in [-0.2, -0.15) is 5.26 Å². The summed E-state index contributed by atoms with van der Waals surface area (Å²) in [4.78, 5) is 2.39. The van der Waals surface area contributed by atoms with Gasteiger partial charge in [0.05, 0.1) is 11.5 Å². The molecule has 3 nitrogen and oxygen atoms in total. The summed E-state index contributed by atoms with van der Waals surface area (Å²) in [7, 11) is 0. The highest BCUT2D eigenvalue weighted by atomic mass is 15.1. The van der Waals surface area contributed by atoms with Crippen molar-refractivity contribution in [2.75, 3.05) is 13.1 Å². The van der Waals surface area contributed by atoms with Gasteiger partial charge in [0, 0.05) is 25.3 Å². The van der Waals surface area contributed by atoms with Crippen molar-refractivity contribution in [2.45, 2.75) is 19.4 Å². The second-order valence-electron chi connectivity index (χ2n) is 5.70. The maximum Gasteiger partial charge on any atom is 0.0989 e. The van der Waals surface area contributed by atoms with Crippen molar-refractivity contribution < 1.29 is 0 Å². The zero-order valence-corrected chi connectivity index (χ0v) is 12.9. The molecule has 1 aromatic rings. The van der Waals surface area contributed by atoms with Gasteiger partial charge in [-0.1, -0.05) is 55.1 Å². The summed E-state index contributed by atoms with van der Waals surface area (Å²) in [6.45, 7) is 6.34. The van der Waals surface area contributed by atoms with Gasteiger partial charge >= 0.3 is 0 Å². The predicted molar refractivity (Wildman–Crippen MR) is 90.6 cm³/mol. The van der Waals surface area contributed by atoms with E-state index in [1.807, 2.05) is 24.3 Å². The summed E-state index contributed by atoms with van der Waals surface area (Å²) in [6.07, 6.45) is 8.75. The number of nitriles is 1. The standard InChI is InChI=1S/C19H23N3/c1-2-3-5-10-18(21)19(16-20)11-13-22(14-12-19)15-17-8-6-4-7-9-17/h2-10H,1,11-15,21H2/b5-3-,18-10-. The topological polar surface area (TPSA) is 53.1 Å². The molecule has 2 N–H and O–H groups in total. The predicted octanol–water partition coefficient (Wildman–Crippen LogP) is 3.38. The Hall–Kier alpha value is -2.31. The van der Waals surface area contributed by atoms with Crippen LogP contribution in [-0.2, 0) is 6.54 Å². The molecular weight excluding hydrogens is 270 g/mol. The van der Waals surface area contributed by atoms with E-state index >= 15 is 0 Å². The van der Waals surface area contributed by atoms with Gasteiger partial charge in [0.15, 0.2) is 0 Å². The SMILES string of the molecule is C=C/C=C\C=C(/N)C1(C#N)CCN(Cc2ccccc2)CC1. The van der Waals surface area contributed by atoms with Crippen LogP contribution in [0, 0.1) is 16.7 Å². The van der Waals surface area contributed by atoms with Gasteiger partial charge in [0.1, 0.15) is 0 Å². The van der Waals surface area contributed by atoms with Crippen LogP contribution in [0.15, 0.2) is 66.9 Å². The molecule has 0 spiro atoms. The number of piperidine rings is 1. The molecule has 0 aromatic heterocycles. The molecule has 0 amide bonds. The summed E-state index contributed by atoms with van der Waals surface area (Å²) in [5, 5.41) is 9.61. The van der Waals surface area contributed by atoms with Crippen molar-refractivity contribution in [1.29, 1.82) is 5.26 Å². The third kappa shape index (κ3) is 3.87. The first-order valence-electron chi connectivity index (χ1n) is 7.63. The fourth-order valence-electron chi connectivity index (χ4n) is 2.80. The van der Waals surface area contributed by atoms with Crippen molar-refractivity contribution in [3.05, 3.63) is 72.5 Å². The molecule has 0 atom stereocenters. The molecule has 2 rings (SSSR count). The number of nitrogens with two attached hydrogens (primary N) is 1. The van der Waals surface area contributed by atoms with Gasteiger partial charge in [-0.15, -0.1) is 0 Å². The van der Waals surface area contributed by atoms with Crippen LogP contribution in [0.4, 0.5) is 0 Å². The number of hydrogen-bond donors (Lipinski definition) is 1. The maximum atomic E-state index is 9.61. The van der Waals surface area contributed by atoms with Gasteiger partial charge in [-0.05, 0) is 24.5 Å². The monoisotopic (exact) mass is 293 g/mol. The maximum absolute atomic E-state index is 9.61. The van der Waals surface area contributed by atoms with E-state index in [0.717, 1.165) is 32.5 Å². The minimum atomic E-state index is -0.529. The fourth-order valence-corrected chi connectivity index (χ4v) is 2.80. The summed E-state index contributed by atoms with van der Waals surface area (Å²) in [5.41, 5.74) is 7.61. The molecule has 0 saturated carbocycles. The van der Waals surface area contributed by atoms with Crippen LogP contribution in [0.1, 0.15) is 18.4 Å². The number of hydrogen-bond acceptors (Lipinski definition) is 3. The van der Waals surface area contributed by atoms with Crippen LogP contribution in [0.3, 0.4) is 0 Å². The molecule has 0 radical (unpaired) electrons. The minimum Gasteiger partial charge on any atom is -0.401 e. The highest BCUT2D eigenvalue weighted by Crippen LogP contribution is 2.36. The van der Waals surface area contributed by atoms with Crippen molar-refractivity contribution in [2.24, 2.45) is 11.1 Å². The number of allylic oxidation sites excluding steroid dienone is 5. The Kier molecular flexibility index (Phi) is 5.57. The fraction of sp³-hybridized carbons (Fsp3) is 0.316. The lowest BCUT2D eigenvalue weighted by molar-refractivity contribution is 0.159. The van der Waals surface area contributed by atoms with Crippen LogP contribution in [0.5, 0.6) is 0 Å². The molecule has 0 bridgehead atoms. The third-order valence-electron chi connectivity index (χ3n) is 4.25. The van der Waals surface area contributed by atoms with E-state index in [-0.39, 0.29) is 0 Å². The Morgan fingerprint density at radius 2 is 1.95 bits per heavy atom. The number of nitrogens with zero attached hydrogens (tertiary/aromatic N) is 2. The highest BCUT2D eigenvalue weighted by molar-refractivity contribution is 5.27. The summed E-state index contributed by atoms with van der Waals surface area (Å²) < 4.78 is 0. The summed E-state index contributed by atoms with van der Waals surface area (Å²) in [6, 6.07) is 12.9. The lowest BCUT2D eigenvalue weighted by atomic mass is 9.76. The molecule has 1 aliphatic heterocycles. The Balaban J connectivity index is 1.99. The molecule has 1 fully saturated rings. The first kappa shape index (κ1) is 16.1. The third-order valence-corrected chi connectivity index (χ3v) is 4.25. The number of rotatable bonds is 5. The summed E-state index contributed by atoms with van der Waals surface area (Å²) >= 11 is 0. The molecule has 3 heteroatoms. The molecule has 1 aliphatic rings. The number of benzene rings is 1. The molecule has 1 saturated heterocycles. The average Bonchev–Trinajstić information content (AvgIpc) is 2.57. The molecule has 0 aliphatic carbocycles. The largest absolute Gasteiger partial charge is 0.401 e. The second kappa shape index (κ2) is 7.63. The molecule has 22 heavy (non-hydrogen) atoms. The lowest BCUT2D eigenvalue weighted by Crippen LogP contribution is -2.41. The average molecular weight is 293 g/mol. The molecule has 1 heterocycles. The Morgan fingerprint density at radius 1 is 1.27 bits per heavy atom. The second-order valence-corrected chi connectivity index (χ2v) is 5.70. The summed E-state index contributed by atoms with van der Waals surface area (Å²) in [5.74, 6) is 0. The van der Waals surface area contributed by atoms with E-state index in [1.165, 1.54) is 5.56 Å². The van der Waals surface area contributed by atoms with Crippen molar-refractivity contribution >= 4 is 0 Å². The van der Waals surface area contributed by atoms with Gasteiger partial charge < -0.3 is 5.73 Å². The highest BCUT2D eigenvalue weighted by Gasteiger charge is 2.36. The van der Waals surface area contributed by atoms with E-state index in [1.54, 1.807) is 6.08 Å². The molecule has 114 valence electrons. The molecule has 1 aromatic carbocycles. The Labute approximate surface area is 133 Å². The smallest absolute Gasteiger partial charge is 0.0989 e. The van der Waals surface area contributed by atoms with E-state index in [4.69, 9.17) is 5.73 Å². The van der Waals surface area contributed by atoms with Gasteiger partial charge in [0.25, 0.3) is 0 Å². The van der Waals surface area contributed by atoms with E-state index < -0.39 is 5.41 Å². The Bertz CT molecular complexity index is 585. The van der Waals surface area contributed by atoms with Crippen LogP contribution in [-0.4, -0.2) is 18.0 Å². The van der Waals surface area contributed by atoms with Crippen LogP contribution in [0.2, 0.25) is 0 Å². The quantitative estimate of drug-likeness (QED) is 0.847. The van der Waals surface area contributed by atoms with Crippen LogP contribution in [0.25, 0.3) is 0 Å². The zero-order chi connectivity index (χ0) is 15.8. The van der Waals surface area contributed by atoms with Gasteiger partial charge in [-0.3, -0.25) is 4.90 Å². The first-order valence-corrected chi connectivity index (χ1v) is 7.63. The minimum absolute atomic E-state index is 0.529. The van der Waals surface area contributed by atoms with Crippen LogP contribution < -0.4 is 5.73 Å². The van der Waals surface area contributed by atoms with Crippen molar-refractivity contribution in [1.82, 2.24) is 4.90 Å². The molecular formula is C19H23N3. The zero-order valence-electron chi connectivity index (χ0n) is 12.9. The lowest BCUT2D eigenvalue weighted by Gasteiger charge is -2.37. The normalized spacial score (nSPS) is 19.0. The molecule has 0 unspecified atom stereocenters. The van der Waals surface area contributed by atoms with Crippen LogP contribution >= 0.6 is 0 Å². The van der Waals surface area contributed by atoms with Gasteiger partial charge in [0.2, 0.25) is 0 Å². The Morgan fingerprint density at radius 3 is 2.55 bits per heavy atom. The number of likely N-dealkylation sites (tertiary alicyclic amines) is 1. The van der Waals surface area contributed by atoms with E-state index in [9.17, 15) is 5.26 Å². The van der Waals surface area contributed by atoms with E-state index in [2.05, 4.69) is 41.8 Å².